The molecular formula is C17H16F2N4O2. The number of carbonyl (C=O) groups excluding carboxylic acids is 1. The SMILES string of the molecule is O=C(c1ccc(-n2cnc3ccccc32)nc1)N(CCO)CC(F)F. The number of hydrogen-bond acceptors (Lipinski definition) is 4. The van der Waals surface area contributed by atoms with Gasteiger partial charge in [0.1, 0.15) is 12.1 Å². The minimum Gasteiger partial charge on any atom is -0.395 e. The summed E-state index contributed by atoms with van der Waals surface area (Å²) in [4.78, 5) is 21.7. The number of imidazole rings is 1. The Labute approximate surface area is 142 Å². The molecule has 0 atom stereocenters. The van der Waals surface area contributed by atoms with Gasteiger partial charge in [0, 0.05) is 12.7 Å². The Bertz CT molecular complexity index is 864. The second-order valence-electron chi connectivity index (χ2n) is 5.37. The Kier molecular flexibility index (Phi) is 4.99. The van der Waals surface area contributed by atoms with Crippen molar-refractivity contribution in [2.75, 3.05) is 19.7 Å². The summed E-state index contributed by atoms with van der Waals surface area (Å²) in [5.74, 6) is -0.0308. The molecule has 130 valence electrons. The van der Waals surface area contributed by atoms with Gasteiger partial charge in [-0.3, -0.25) is 9.36 Å². The van der Waals surface area contributed by atoms with Gasteiger partial charge in [0.15, 0.2) is 0 Å². The summed E-state index contributed by atoms with van der Waals surface area (Å²) in [6, 6.07) is 10.7. The first-order chi connectivity index (χ1) is 12.1. The van der Waals surface area contributed by atoms with Crippen molar-refractivity contribution in [3.8, 4) is 5.82 Å². The molecule has 2 heterocycles. The summed E-state index contributed by atoms with van der Waals surface area (Å²) in [5.41, 5.74) is 1.87. The molecule has 0 radical (unpaired) electrons. The average molecular weight is 346 g/mol. The molecule has 2 aromatic heterocycles. The third-order valence-electron chi connectivity index (χ3n) is 3.71. The molecule has 0 saturated heterocycles. The van der Waals surface area contributed by atoms with E-state index in [1.807, 2.05) is 24.3 Å². The first-order valence-electron chi connectivity index (χ1n) is 7.67. The van der Waals surface area contributed by atoms with Crippen LogP contribution in [0.2, 0.25) is 0 Å². The maximum absolute atomic E-state index is 12.6. The number of benzene rings is 1. The van der Waals surface area contributed by atoms with Gasteiger partial charge in [-0.25, -0.2) is 18.7 Å². The fourth-order valence-electron chi connectivity index (χ4n) is 2.54. The number of halogens is 2. The third kappa shape index (κ3) is 3.63. The lowest BCUT2D eigenvalue weighted by Crippen LogP contribution is -2.37. The minimum absolute atomic E-state index is 0.156. The molecule has 1 amide bonds. The number of para-hydroxylation sites is 2. The molecule has 8 heteroatoms. The highest BCUT2D eigenvalue weighted by molar-refractivity contribution is 5.94. The number of amides is 1. The molecule has 6 nitrogen and oxygen atoms in total. The number of pyridine rings is 1. The van der Waals surface area contributed by atoms with Crippen LogP contribution in [-0.2, 0) is 0 Å². The summed E-state index contributed by atoms with van der Waals surface area (Å²) in [5, 5.41) is 8.95. The van der Waals surface area contributed by atoms with E-state index in [1.165, 1.54) is 12.3 Å². The summed E-state index contributed by atoms with van der Waals surface area (Å²) in [7, 11) is 0. The van der Waals surface area contributed by atoms with Crippen LogP contribution in [0.15, 0.2) is 48.9 Å². The Hall–Kier alpha value is -2.87. The Morgan fingerprint density at radius 2 is 2.00 bits per heavy atom. The van der Waals surface area contributed by atoms with Gasteiger partial charge in [-0.2, -0.15) is 0 Å². The van der Waals surface area contributed by atoms with E-state index < -0.39 is 18.9 Å². The molecule has 0 saturated carbocycles. The molecule has 3 aromatic rings. The fraction of sp³-hybridized carbons (Fsp3) is 0.235. The van der Waals surface area contributed by atoms with Crippen LogP contribution < -0.4 is 0 Å². The lowest BCUT2D eigenvalue weighted by molar-refractivity contribution is 0.0509. The zero-order valence-electron chi connectivity index (χ0n) is 13.2. The van der Waals surface area contributed by atoms with E-state index in [9.17, 15) is 13.6 Å². The standard InChI is InChI=1S/C17H16F2N4O2/c18-15(19)10-22(7-8-24)17(25)12-5-6-16(20-9-12)23-11-21-13-3-1-2-4-14(13)23/h1-6,9,11,15,24H,7-8,10H2. The summed E-state index contributed by atoms with van der Waals surface area (Å²) in [6.45, 7) is -1.27. The number of fused-ring (bicyclic) bond motifs is 1. The van der Waals surface area contributed by atoms with Gasteiger partial charge >= 0.3 is 0 Å². The normalized spacial score (nSPS) is 11.2. The highest BCUT2D eigenvalue weighted by atomic mass is 19.3. The predicted molar refractivity (Wildman–Crippen MR) is 87.9 cm³/mol. The van der Waals surface area contributed by atoms with E-state index >= 15 is 0 Å². The molecule has 0 aliphatic carbocycles. The fourth-order valence-corrected chi connectivity index (χ4v) is 2.54. The molecule has 1 aromatic carbocycles. The molecule has 0 spiro atoms. The summed E-state index contributed by atoms with van der Waals surface area (Å²) >= 11 is 0. The molecule has 25 heavy (non-hydrogen) atoms. The monoisotopic (exact) mass is 346 g/mol. The van der Waals surface area contributed by atoms with Gasteiger partial charge in [-0.05, 0) is 24.3 Å². The lowest BCUT2D eigenvalue weighted by atomic mass is 10.2. The molecule has 0 bridgehead atoms. The Balaban J connectivity index is 1.85. The maximum atomic E-state index is 12.6. The Morgan fingerprint density at radius 3 is 2.68 bits per heavy atom. The van der Waals surface area contributed by atoms with E-state index in [2.05, 4.69) is 9.97 Å². The van der Waals surface area contributed by atoms with Gasteiger partial charge < -0.3 is 10.0 Å². The maximum Gasteiger partial charge on any atom is 0.255 e. The zero-order valence-corrected chi connectivity index (χ0v) is 13.2. The second-order valence-corrected chi connectivity index (χ2v) is 5.37. The van der Waals surface area contributed by atoms with Crippen molar-refractivity contribution in [2.24, 2.45) is 0 Å². The average Bonchev–Trinajstić information content (AvgIpc) is 3.05. The Morgan fingerprint density at radius 1 is 1.20 bits per heavy atom. The van der Waals surface area contributed by atoms with Crippen LogP contribution in [0.5, 0.6) is 0 Å². The number of aliphatic hydroxyl groups excluding tert-OH is 1. The van der Waals surface area contributed by atoms with Crippen LogP contribution in [0, 0.1) is 0 Å². The van der Waals surface area contributed by atoms with Crippen molar-refractivity contribution in [3.05, 3.63) is 54.5 Å². The van der Waals surface area contributed by atoms with Gasteiger partial charge in [0.05, 0.1) is 29.7 Å². The number of rotatable bonds is 6. The van der Waals surface area contributed by atoms with Crippen LogP contribution in [0.3, 0.4) is 0 Å². The first kappa shape index (κ1) is 17.0. The molecule has 3 rings (SSSR count). The molecule has 1 N–H and O–H groups in total. The molecular weight excluding hydrogens is 330 g/mol. The number of aromatic nitrogens is 3. The van der Waals surface area contributed by atoms with Crippen molar-refractivity contribution < 1.29 is 18.7 Å². The quantitative estimate of drug-likeness (QED) is 0.742. The summed E-state index contributed by atoms with van der Waals surface area (Å²) in [6.07, 6.45) is 0.297. The van der Waals surface area contributed by atoms with Crippen molar-refractivity contribution in [3.63, 3.8) is 0 Å². The lowest BCUT2D eigenvalue weighted by Gasteiger charge is -2.21. The van der Waals surface area contributed by atoms with Gasteiger partial charge in [0.2, 0.25) is 0 Å². The smallest absolute Gasteiger partial charge is 0.255 e. The second kappa shape index (κ2) is 7.35. The number of hydrogen-bond donors (Lipinski definition) is 1. The highest BCUT2D eigenvalue weighted by Crippen LogP contribution is 2.17. The number of alkyl halides is 2. The van der Waals surface area contributed by atoms with Gasteiger partial charge in [-0.15, -0.1) is 0 Å². The van der Waals surface area contributed by atoms with E-state index in [-0.39, 0.29) is 18.7 Å². The third-order valence-corrected chi connectivity index (χ3v) is 3.71. The number of aliphatic hydroxyl groups is 1. The molecule has 0 fully saturated rings. The topological polar surface area (TPSA) is 71.2 Å². The van der Waals surface area contributed by atoms with Crippen LogP contribution in [-0.4, -0.2) is 56.6 Å². The number of nitrogens with zero attached hydrogens (tertiary/aromatic N) is 4. The van der Waals surface area contributed by atoms with Crippen LogP contribution >= 0.6 is 0 Å². The minimum atomic E-state index is -2.67. The van der Waals surface area contributed by atoms with Crippen molar-refractivity contribution in [2.45, 2.75) is 6.43 Å². The molecule has 0 aliphatic rings. The van der Waals surface area contributed by atoms with Crippen molar-refractivity contribution in [1.82, 2.24) is 19.4 Å². The largest absolute Gasteiger partial charge is 0.395 e. The predicted octanol–water partition coefficient (Wildman–Crippen LogP) is 2.12. The number of carbonyl (C=O) groups is 1. The van der Waals surface area contributed by atoms with Crippen LogP contribution in [0.25, 0.3) is 16.9 Å². The van der Waals surface area contributed by atoms with E-state index in [0.29, 0.717) is 5.82 Å². The van der Waals surface area contributed by atoms with Crippen molar-refractivity contribution >= 4 is 16.9 Å². The first-order valence-corrected chi connectivity index (χ1v) is 7.67. The molecule has 0 unspecified atom stereocenters. The molecule has 0 aliphatic heterocycles. The zero-order chi connectivity index (χ0) is 17.8. The summed E-state index contributed by atoms with van der Waals surface area (Å²) < 4.78 is 26.9. The van der Waals surface area contributed by atoms with E-state index in [4.69, 9.17) is 5.11 Å². The van der Waals surface area contributed by atoms with E-state index in [1.54, 1.807) is 17.0 Å². The van der Waals surface area contributed by atoms with Gasteiger partial charge in [-0.1, -0.05) is 12.1 Å². The highest BCUT2D eigenvalue weighted by Gasteiger charge is 2.19. The van der Waals surface area contributed by atoms with Gasteiger partial charge in [0.25, 0.3) is 12.3 Å². The van der Waals surface area contributed by atoms with Crippen molar-refractivity contribution in [1.29, 1.82) is 0 Å². The van der Waals surface area contributed by atoms with Crippen LogP contribution in [0.4, 0.5) is 8.78 Å². The van der Waals surface area contributed by atoms with Crippen LogP contribution in [0.1, 0.15) is 10.4 Å². The van der Waals surface area contributed by atoms with E-state index in [0.717, 1.165) is 15.9 Å².